The van der Waals surface area contributed by atoms with Crippen LogP contribution in [0.3, 0.4) is 0 Å². The summed E-state index contributed by atoms with van der Waals surface area (Å²) >= 11 is 0. The smallest absolute Gasteiger partial charge is 0.490 e. The maximum Gasteiger partial charge on any atom is 0.534 e. The van der Waals surface area contributed by atoms with E-state index in [2.05, 4.69) is 27.5 Å². The Hall–Kier alpha value is -2.79. The molecule has 1 fully saturated rings. The van der Waals surface area contributed by atoms with Gasteiger partial charge in [-0.05, 0) is 80.6 Å². The number of rotatable bonds is 6. The van der Waals surface area contributed by atoms with Crippen LogP contribution in [0, 0.1) is 0 Å². The highest BCUT2D eigenvalue weighted by Gasteiger charge is 2.48. The van der Waals surface area contributed by atoms with Crippen molar-refractivity contribution in [1.29, 1.82) is 0 Å². The van der Waals surface area contributed by atoms with Gasteiger partial charge >= 0.3 is 15.6 Å². The number of alkyl halides is 3. The maximum atomic E-state index is 12.7. The molecule has 0 spiro atoms. The van der Waals surface area contributed by atoms with Gasteiger partial charge in [0, 0.05) is 24.7 Å². The van der Waals surface area contributed by atoms with Gasteiger partial charge in [0.05, 0.1) is 0 Å². The number of halogens is 3. The van der Waals surface area contributed by atoms with E-state index in [9.17, 15) is 26.4 Å². The van der Waals surface area contributed by atoms with Crippen molar-refractivity contribution in [2.24, 2.45) is 0 Å². The van der Waals surface area contributed by atoms with E-state index in [1.54, 1.807) is 0 Å². The predicted molar refractivity (Wildman–Crippen MR) is 123 cm³/mol. The summed E-state index contributed by atoms with van der Waals surface area (Å²) in [5, 5.41) is 2.96. The third kappa shape index (κ3) is 6.07. The zero-order valence-electron chi connectivity index (χ0n) is 19.2. The molecule has 1 aliphatic heterocycles. The molecule has 2 aromatic carbocycles. The summed E-state index contributed by atoms with van der Waals surface area (Å²) in [6, 6.07) is 10.4. The molecular formula is C24H27F3N2O5S. The van der Waals surface area contributed by atoms with Crippen LogP contribution in [0.1, 0.15) is 40.7 Å². The van der Waals surface area contributed by atoms with Crippen LogP contribution < -0.4 is 14.2 Å². The zero-order valence-corrected chi connectivity index (χ0v) is 20.0. The van der Waals surface area contributed by atoms with Gasteiger partial charge in [-0.1, -0.05) is 12.1 Å². The SMILES string of the molecule is CN1CCC(Oc2cccc3c2C[C@H](NC(=O)c2ccc(OS(=O)(=O)C(F)(F)F)cc2)CC3)CC1. The van der Waals surface area contributed by atoms with E-state index in [0.29, 0.717) is 6.42 Å². The van der Waals surface area contributed by atoms with E-state index in [-0.39, 0.29) is 17.7 Å². The van der Waals surface area contributed by atoms with Crippen molar-refractivity contribution in [1.82, 2.24) is 10.2 Å². The lowest BCUT2D eigenvalue weighted by Gasteiger charge is -2.32. The van der Waals surface area contributed by atoms with E-state index < -0.39 is 27.3 Å². The number of nitrogens with one attached hydrogen (secondary N) is 1. The number of benzene rings is 2. The lowest BCUT2D eigenvalue weighted by atomic mass is 9.87. The van der Waals surface area contributed by atoms with Crippen LogP contribution in [-0.4, -0.2) is 57.0 Å². The monoisotopic (exact) mass is 512 g/mol. The molecule has 0 bridgehead atoms. The summed E-state index contributed by atoms with van der Waals surface area (Å²) < 4.78 is 70.1. The van der Waals surface area contributed by atoms with E-state index in [0.717, 1.165) is 62.2 Å². The minimum Gasteiger partial charge on any atom is -0.490 e. The van der Waals surface area contributed by atoms with Crippen molar-refractivity contribution >= 4 is 16.0 Å². The van der Waals surface area contributed by atoms with Crippen molar-refractivity contribution in [3.05, 3.63) is 59.2 Å². The highest BCUT2D eigenvalue weighted by atomic mass is 32.2. The second-order valence-corrected chi connectivity index (χ2v) is 10.5. The normalized spacial score (nSPS) is 19.6. The Balaban J connectivity index is 1.39. The van der Waals surface area contributed by atoms with E-state index in [4.69, 9.17) is 4.74 Å². The van der Waals surface area contributed by atoms with Gasteiger partial charge in [0.2, 0.25) is 0 Å². The number of carbonyl (C=O) groups is 1. The van der Waals surface area contributed by atoms with Crippen molar-refractivity contribution in [2.45, 2.75) is 49.8 Å². The van der Waals surface area contributed by atoms with Gasteiger partial charge in [-0.2, -0.15) is 21.6 Å². The number of amides is 1. The molecule has 1 saturated heterocycles. The average Bonchev–Trinajstić information content (AvgIpc) is 2.80. The van der Waals surface area contributed by atoms with Crippen LogP contribution in [-0.2, 0) is 23.0 Å². The quantitative estimate of drug-likeness (QED) is 0.470. The Morgan fingerprint density at radius 2 is 1.74 bits per heavy atom. The van der Waals surface area contributed by atoms with Crippen LogP contribution in [0.25, 0.3) is 0 Å². The average molecular weight is 513 g/mol. The minimum absolute atomic E-state index is 0.140. The van der Waals surface area contributed by atoms with Crippen LogP contribution in [0.15, 0.2) is 42.5 Å². The molecule has 1 aliphatic carbocycles. The molecule has 4 rings (SSSR count). The van der Waals surface area contributed by atoms with Gasteiger partial charge in [-0.25, -0.2) is 0 Å². The lowest BCUT2D eigenvalue weighted by Crippen LogP contribution is -2.39. The number of nitrogens with zero attached hydrogens (tertiary/aromatic N) is 1. The topological polar surface area (TPSA) is 84.9 Å². The van der Waals surface area contributed by atoms with Crippen LogP contribution >= 0.6 is 0 Å². The number of fused-ring (bicyclic) bond motifs is 1. The van der Waals surface area contributed by atoms with E-state index in [1.165, 1.54) is 17.7 Å². The Bertz CT molecular complexity index is 1160. The summed E-state index contributed by atoms with van der Waals surface area (Å²) in [5.74, 6) is -0.0815. The number of carbonyl (C=O) groups excluding carboxylic acids is 1. The molecule has 0 unspecified atom stereocenters. The standard InChI is InChI=1S/C24H27F3N2O5S/c1-29-13-11-19(12-14-29)33-22-4-2-3-16-5-8-18(15-21(16)22)28-23(30)17-6-9-20(10-7-17)34-35(31,32)24(25,26)27/h2-4,6-7,9-10,18-19H,5,8,11-15H2,1H3,(H,28,30)/t18-/m1/s1. The predicted octanol–water partition coefficient (Wildman–Crippen LogP) is 3.68. The number of hydrogen-bond acceptors (Lipinski definition) is 6. The molecule has 1 N–H and O–H groups in total. The largest absolute Gasteiger partial charge is 0.534 e. The highest BCUT2D eigenvalue weighted by Crippen LogP contribution is 2.32. The van der Waals surface area contributed by atoms with Crippen molar-refractivity contribution < 1.29 is 35.3 Å². The molecule has 7 nitrogen and oxygen atoms in total. The number of aryl methyl sites for hydroxylation is 1. The molecule has 0 aromatic heterocycles. The zero-order chi connectivity index (χ0) is 25.2. The Morgan fingerprint density at radius 3 is 2.40 bits per heavy atom. The summed E-state index contributed by atoms with van der Waals surface area (Å²) in [7, 11) is -3.67. The molecule has 35 heavy (non-hydrogen) atoms. The first-order valence-electron chi connectivity index (χ1n) is 11.4. The third-order valence-electron chi connectivity index (χ3n) is 6.34. The first-order valence-corrected chi connectivity index (χ1v) is 12.8. The molecule has 1 amide bonds. The lowest BCUT2D eigenvalue weighted by molar-refractivity contribution is -0.0500. The van der Waals surface area contributed by atoms with E-state index >= 15 is 0 Å². The first-order chi connectivity index (χ1) is 16.5. The molecule has 0 saturated carbocycles. The molecule has 0 radical (unpaired) electrons. The summed E-state index contributed by atoms with van der Waals surface area (Å²) in [6.07, 6.45) is 4.22. The van der Waals surface area contributed by atoms with Gasteiger partial charge in [0.25, 0.3) is 5.91 Å². The van der Waals surface area contributed by atoms with Gasteiger partial charge < -0.3 is 19.1 Å². The number of piperidine rings is 1. The van der Waals surface area contributed by atoms with E-state index in [1.807, 2.05) is 12.1 Å². The van der Waals surface area contributed by atoms with Crippen molar-refractivity contribution in [3.8, 4) is 11.5 Å². The summed E-state index contributed by atoms with van der Waals surface area (Å²) in [4.78, 5) is 15.0. The third-order valence-corrected chi connectivity index (χ3v) is 7.32. The molecule has 11 heteroatoms. The number of ether oxygens (including phenoxy) is 1. The summed E-state index contributed by atoms with van der Waals surface area (Å²) in [6.45, 7) is 1.98. The van der Waals surface area contributed by atoms with Crippen LogP contribution in [0.4, 0.5) is 13.2 Å². The van der Waals surface area contributed by atoms with Gasteiger partial charge in [0.15, 0.2) is 0 Å². The second-order valence-electron chi connectivity index (χ2n) is 8.94. The highest BCUT2D eigenvalue weighted by molar-refractivity contribution is 7.88. The summed E-state index contributed by atoms with van der Waals surface area (Å²) in [5.41, 5.74) is -3.06. The minimum atomic E-state index is -5.77. The molecule has 2 aliphatic rings. The first kappa shape index (κ1) is 25.3. The fraction of sp³-hybridized carbons (Fsp3) is 0.458. The Labute approximate surface area is 202 Å². The number of likely N-dealkylation sites (tertiary alicyclic amines) is 1. The maximum absolute atomic E-state index is 12.7. The fourth-order valence-corrected chi connectivity index (χ4v) is 4.83. The van der Waals surface area contributed by atoms with Gasteiger partial charge in [0.1, 0.15) is 17.6 Å². The molecular weight excluding hydrogens is 485 g/mol. The molecule has 190 valence electrons. The van der Waals surface area contributed by atoms with Gasteiger partial charge in [-0.3, -0.25) is 4.79 Å². The van der Waals surface area contributed by atoms with Crippen LogP contribution in [0.2, 0.25) is 0 Å². The van der Waals surface area contributed by atoms with Crippen molar-refractivity contribution in [3.63, 3.8) is 0 Å². The molecule has 1 atom stereocenters. The fourth-order valence-electron chi connectivity index (χ4n) is 4.38. The Morgan fingerprint density at radius 1 is 1.06 bits per heavy atom. The van der Waals surface area contributed by atoms with Gasteiger partial charge in [-0.15, -0.1) is 0 Å². The van der Waals surface area contributed by atoms with Crippen molar-refractivity contribution in [2.75, 3.05) is 20.1 Å². The molecule has 1 heterocycles. The Kier molecular flexibility index (Phi) is 7.27. The number of hydrogen-bond donors (Lipinski definition) is 1. The molecule has 2 aromatic rings. The van der Waals surface area contributed by atoms with Crippen LogP contribution in [0.5, 0.6) is 11.5 Å². The second kappa shape index (κ2) is 10.1.